The van der Waals surface area contributed by atoms with E-state index in [4.69, 9.17) is 4.98 Å². The Morgan fingerprint density at radius 2 is 2.23 bits per heavy atom. The zero-order chi connectivity index (χ0) is 15.7. The average molecular weight is 315 g/mol. The van der Waals surface area contributed by atoms with E-state index in [-0.39, 0.29) is 5.91 Å². The van der Waals surface area contributed by atoms with Crippen LogP contribution < -0.4 is 4.90 Å². The number of hydrogen-bond donors (Lipinski definition) is 0. The molecule has 4 nitrogen and oxygen atoms in total. The largest absolute Gasteiger partial charge is 0.378 e. The van der Waals surface area contributed by atoms with E-state index in [2.05, 4.69) is 17.0 Å². The third kappa shape index (κ3) is 2.99. The Kier molecular flexibility index (Phi) is 4.16. The minimum Gasteiger partial charge on any atom is -0.378 e. The zero-order valence-electron chi connectivity index (χ0n) is 13.2. The van der Waals surface area contributed by atoms with Gasteiger partial charge < -0.3 is 9.80 Å². The van der Waals surface area contributed by atoms with Crippen molar-refractivity contribution in [3.05, 3.63) is 45.9 Å². The Hall–Kier alpha value is -1.88. The Balaban J connectivity index is 1.77. The minimum absolute atomic E-state index is 0.151. The van der Waals surface area contributed by atoms with Gasteiger partial charge in [-0.15, -0.1) is 11.3 Å². The van der Waals surface area contributed by atoms with Crippen LogP contribution in [0.3, 0.4) is 0 Å². The number of pyridine rings is 1. The van der Waals surface area contributed by atoms with Crippen LogP contribution in [0.4, 0.5) is 5.69 Å². The first-order chi connectivity index (χ1) is 10.5. The SMILES string of the molecule is Cc1cc(N(C)C)cc(C2CCN(C(=O)c3cccs3)C2)n1. The van der Waals surface area contributed by atoms with Gasteiger partial charge in [0.05, 0.1) is 4.88 Å². The molecule has 116 valence electrons. The van der Waals surface area contributed by atoms with Crippen molar-refractivity contribution in [3.8, 4) is 0 Å². The fourth-order valence-corrected chi connectivity index (χ4v) is 3.58. The second-order valence-electron chi connectivity index (χ2n) is 6.00. The standard InChI is InChI=1S/C17H21N3OS/c1-12-9-14(19(2)3)10-15(18-12)13-6-7-20(11-13)17(21)16-5-4-8-22-16/h4-5,8-10,13H,6-7,11H2,1-3H3. The molecule has 0 aromatic carbocycles. The van der Waals surface area contributed by atoms with E-state index in [1.165, 1.54) is 17.0 Å². The summed E-state index contributed by atoms with van der Waals surface area (Å²) in [6.45, 7) is 3.61. The van der Waals surface area contributed by atoms with Gasteiger partial charge >= 0.3 is 0 Å². The second-order valence-corrected chi connectivity index (χ2v) is 6.95. The third-order valence-corrected chi connectivity index (χ3v) is 4.96. The van der Waals surface area contributed by atoms with E-state index in [9.17, 15) is 4.79 Å². The highest BCUT2D eigenvalue weighted by atomic mass is 32.1. The molecule has 1 aliphatic rings. The van der Waals surface area contributed by atoms with Crippen LogP contribution >= 0.6 is 11.3 Å². The maximum Gasteiger partial charge on any atom is 0.263 e. The molecule has 1 amide bonds. The molecular formula is C17H21N3OS. The zero-order valence-corrected chi connectivity index (χ0v) is 14.1. The molecule has 1 fully saturated rings. The molecule has 0 saturated carbocycles. The van der Waals surface area contributed by atoms with E-state index >= 15 is 0 Å². The number of thiophene rings is 1. The Morgan fingerprint density at radius 1 is 1.41 bits per heavy atom. The van der Waals surface area contributed by atoms with Crippen molar-refractivity contribution in [1.82, 2.24) is 9.88 Å². The monoisotopic (exact) mass is 315 g/mol. The number of likely N-dealkylation sites (tertiary alicyclic amines) is 1. The summed E-state index contributed by atoms with van der Waals surface area (Å²) in [6.07, 6.45) is 0.987. The van der Waals surface area contributed by atoms with Crippen molar-refractivity contribution in [2.24, 2.45) is 0 Å². The summed E-state index contributed by atoms with van der Waals surface area (Å²) in [5.41, 5.74) is 3.31. The molecule has 1 atom stereocenters. The van der Waals surface area contributed by atoms with Gasteiger partial charge in [0.1, 0.15) is 0 Å². The molecule has 2 aromatic heterocycles. The van der Waals surface area contributed by atoms with Crippen LogP contribution in [0.15, 0.2) is 29.6 Å². The normalized spacial score (nSPS) is 17.8. The molecule has 2 aromatic rings. The average Bonchev–Trinajstić information content (AvgIpc) is 3.17. The van der Waals surface area contributed by atoms with E-state index < -0.39 is 0 Å². The highest BCUT2D eigenvalue weighted by Gasteiger charge is 2.29. The highest BCUT2D eigenvalue weighted by molar-refractivity contribution is 7.12. The van der Waals surface area contributed by atoms with Gasteiger partial charge in [-0.05, 0) is 36.9 Å². The first-order valence-corrected chi connectivity index (χ1v) is 8.41. The van der Waals surface area contributed by atoms with Gasteiger partial charge in [-0.25, -0.2) is 0 Å². The second kappa shape index (κ2) is 6.08. The molecule has 0 spiro atoms. The fourth-order valence-electron chi connectivity index (χ4n) is 2.88. The van der Waals surface area contributed by atoms with Crippen LogP contribution in [-0.4, -0.2) is 43.0 Å². The molecule has 1 aliphatic heterocycles. The maximum atomic E-state index is 12.4. The van der Waals surface area contributed by atoms with Crippen molar-refractivity contribution in [1.29, 1.82) is 0 Å². The lowest BCUT2D eigenvalue weighted by Crippen LogP contribution is -2.27. The predicted octanol–water partition coefficient (Wildman–Crippen LogP) is 3.15. The number of amides is 1. The van der Waals surface area contributed by atoms with Crippen molar-refractivity contribution >= 4 is 22.9 Å². The third-order valence-electron chi connectivity index (χ3n) is 4.10. The molecule has 0 N–H and O–H groups in total. The molecule has 3 heterocycles. The van der Waals surface area contributed by atoms with Crippen molar-refractivity contribution in [2.75, 3.05) is 32.1 Å². The number of hydrogen-bond acceptors (Lipinski definition) is 4. The van der Waals surface area contributed by atoms with Crippen LogP contribution in [0.1, 0.15) is 33.4 Å². The molecule has 22 heavy (non-hydrogen) atoms. The smallest absolute Gasteiger partial charge is 0.263 e. The Morgan fingerprint density at radius 3 is 2.91 bits per heavy atom. The number of carbonyl (C=O) groups is 1. The van der Waals surface area contributed by atoms with Gasteiger partial charge in [-0.2, -0.15) is 0 Å². The highest BCUT2D eigenvalue weighted by Crippen LogP contribution is 2.29. The molecule has 1 saturated heterocycles. The first-order valence-electron chi connectivity index (χ1n) is 7.53. The molecule has 3 rings (SSSR count). The molecule has 0 bridgehead atoms. The van der Waals surface area contributed by atoms with E-state index in [0.29, 0.717) is 5.92 Å². The van der Waals surface area contributed by atoms with Crippen molar-refractivity contribution in [2.45, 2.75) is 19.3 Å². The molecule has 0 radical (unpaired) electrons. The summed E-state index contributed by atoms with van der Waals surface area (Å²) in [6, 6.07) is 8.07. The quantitative estimate of drug-likeness (QED) is 0.873. The number of aromatic nitrogens is 1. The van der Waals surface area contributed by atoms with Gasteiger partial charge in [0.2, 0.25) is 0 Å². The fraction of sp³-hybridized carbons (Fsp3) is 0.412. The number of aryl methyl sites for hydroxylation is 1. The molecule has 5 heteroatoms. The van der Waals surface area contributed by atoms with Gasteiger partial charge in [-0.1, -0.05) is 6.07 Å². The van der Waals surface area contributed by atoms with Crippen LogP contribution in [0.5, 0.6) is 0 Å². The van der Waals surface area contributed by atoms with E-state index in [1.54, 1.807) is 0 Å². The first kappa shape index (κ1) is 15.0. The van der Waals surface area contributed by atoms with Gasteiger partial charge in [-0.3, -0.25) is 9.78 Å². The van der Waals surface area contributed by atoms with E-state index in [1.807, 2.05) is 43.4 Å². The lowest BCUT2D eigenvalue weighted by Gasteiger charge is -2.18. The summed E-state index contributed by atoms with van der Waals surface area (Å²) < 4.78 is 0. The Labute approximate surface area is 135 Å². The summed E-state index contributed by atoms with van der Waals surface area (Å²) in [5.74, 6) is 0.487. The van der Waals surface area contributed by atoms with Crippen LogP contribution in [0.2, 0.25) is 0 Å². The minimum atomic E-state index is 0.151. The molecular weight excluding hydrogens is 294 g/mol. The summed E-state index contributed by atoms with van der Waals surface area (Å²) >= 11 is 1.51. The lowest BCUT2D eigenvalue weighted by atomic mass is 10.0. The predicted molar refractivity (Wildman–Crippen MR) is 90.9 cm³/mol. The Bertz CT molecular complexity index is 667. The molecule has 0 aliphatic carbocycles. The van der Waals surface area contributed by atoms with Crippen LogP contribution in [0, 0.1) is 6.92 Å². The van der Waals surface area contributed by atoms with Gasteiger partial charge in [0.15, 0.2) is 0 Å². The number of anilines is 1. The maximum absolute atomic E-state index is 12.4. The topological polar surface area (TPSA) is 36.4 Å². The summed E-state index contributed by atoms with van der Waals surface area (Å²) in [7, 11) is 4.08. The summed E-state index contributed by atoms with van der Waals surface area (Å²) in [4.78, 5) is 22.0. The van der Waals surface area contributed by atoms with Crippen molar-refractivity contribution < 1.29 is 4.79 Å². The number of nitrogens with zero attached hydrogens (tertiary/aromatic N) is 3. The lowest BCUT2D eigenvalue weighted by molar-refractivity contribution is 0.0795. The van der Waals surface area contributed by atoms with Gasteiger partial charge in [0.25, 0.3) is 5.91 Å². The molecule has 1 unspecified atom stereocenters. The number of rotatable bonds is 3. The number of carbonyl (C=O) groups excluding carboxylic acids is 1. The van der Waals surface area contributed by atoms with Gasteiger partial charge in [0, 0.05) is 50.2 Å². The van der Waals surface area contributed by atoms with Crippen LogP contribution in [0.25, 0.3) is 0 Å². The summed E-state index contributed by atoms with van der Waals surface area (Å²) in [5, 5.41) is 1.95. The van der Waals surface area contributed by atoms with Crippen molar-refractivity contribution in [3.63, 3.8) is 0 Å². The van der Waals surface area contributed by atoms with Crippen LogP contribution in [-0.2, 0) is 0 Å². The van der Waals surface area contributed by atoms with E-state index in [0.717, 1.165) is 35.8 Å².